The zero-order valence-corrected chi connectivity index (χ0v) is 16.1. The van der Waals surface area contributed by atoms with Gasteiger partial charge in [0, 0.05) is 10.9 Å². The van der Waals surface area contributed by atoms with Gasteiger partial charge in [0.1, 0.15) is 5.01 Å². The van der Waals surface area contributed by atoms with Crippen molar-refractivity contribution in [3.05, 3.63) is 29.3 Å². The highest BCUT2D eigenvalue weighted by molar-refractivity contribution is 7.13. The van der Waals surface area contributed by atoms with E-state index in [1.54, 1.807) is 14.2 Å². The number of carbonyl (C=O) groups is 2. The van der Waals surface area contributed by atoms with Crippen LogP contribution in [0, 0.1) is 0 Å². The van der Waals surface area contributed by atoms with Crippen molar-refractivity contribution in [3.63, 3.8) is 0 Å². The second-order valence-corrected chi connectivity index (χ2v) is 7.50. The van der Waals surface area contributed by atoms with E-state index in [9.17, 15) is 9.59 Å². The Morgan fingerprint density at radius 2 is 2.00 bits per heavy atom. The van der Waals surface area contributed by atoms with Crippen LogP contribution in [0.1, 0.15) is 31.4 Å². The number of carbonyl (C=O) groups excluding carboxylic acids is 1. The lowest BCUT2D eigenvalue weighted by Crippen LogP contribution is -2.55. The van der Waals surface area contributed by atoms with E-state index in [1.807, 2.05) is 23.6 Å². The molecule has 0 saturated heterocycles. The van der Waals surface area contributed by atoms with E-state index in [0.717, 1.165) is 17.0 Å². The maximum atomic E-state index is 12.4. The number of nitrogens with zero attached hydrogens (tertiary/aromatic N) is 1. The second kappa shape index (κ2) is 7.96. The molecule has 1 aromatic heterocycles. The number of aliphatic carboxylic acids is 1. The van der Waals surface area contributed by atoms with Gasteiger partial charge in [0.25, 0.3) is 0 Å². The lowest BCUT2D eigenvalue weighted by atomic mass is 9.74. The number of ether oxygens (including phenoxy) is 2. The Bertz CT molecular complexity index is 844. The summed E-state index contributed by atoms with van der Waals surface area (Å²) in [4.78, 5) is 27.9. The number of hydrogen-bond donors (Lipinski definition) is 2. The van der Waals surface area contributed by atoms with Gasteiger partial charge in [-0.25, -0.2) is 4.98 Å². The predicted molar refractivity (Wildman–Crippen MR) is 101 cm³/mol. The van der Waals surface area contributed by atoms with Crippen LogP contribution in [0.5, 0.6) is 11.5 Å². The van der Waals surface area contributed by atoms with Gasteiger partial charge in [0.2, 0.25) is 5.91 Å². The summed E-state index contributed by atoms with van der Waals surface area (Å²) < 4.78 is 10.6. The number of nitrogens with one attached hydrogen (secondary N) is 1. The van der Waals surface area contributed by atoms with Crippen LogP contribution >= 0.6 is 11.3 Å². The third kappa shape index (κ3) is 4.39. The Labute approximate surface area is 161 Å². The molecule has 1 saturated carbocycles. The molecule has 1 aliphatic carbocycles. The summed E-state index contributed by atoms with van der Waals surface area (Å²) in [5.41, 5.74) is 0.947. The molecule has 0 spiro atoms. The van der Waals surface area contributed by atoms with Gasteiger partial charge in [-0.1, -0.05) is 0 Å². The number of rotatable bonds is 8. The smallest absolute Gasteiger partial charge is 0.305 e. The first-order valence-corrected chi connectivity index (χ1v) is 9.52. The highest BCUT2D eigenvalue weighted by atomic mass is 32.1. The molecule has 2 aromatic rings. The summed E-state index contributed by atoms with van der Waals surface area (Å²) in [6, 6.07) is 5.55. The summed E-state index contributed by atoms with van der Waals surface area (Å²) >= 11 is 1.44. The second-order valence-electron chi connectivity index (χ2n) is 6.64. The minimum Gasteiger partial charge on any atom is -0.493 e. The van der Waals surface area contributed by atoms with E-state index in [1.165, 1.54) is 11.3 Å². The minimum absolute atomic E-state index is 0.0350. The molecule has 0 atom stereocenters. The highest BCUT2D eigenvalue weighted by Crippen LogP contribution is 2.35. The van der Waals surface area contributed by atoms with Gasteiger partial charge in [-0.2, -0.15) is 0 Å². The van der Waals surface area contributed by atoms with Crippen molar-refractivity contribution in [2.24, 2.45) is 0 Å². The largest absolute Gasteiger partial charge is 0.493 e. The average molecular weight is 390 g/mol. The Morgan fingerprint density at radius 1 is 1.26 bits per heavy atom. The van der Waals surface area contributed by atoms with Crippen LogP contribution in [0.15, 0.2) is 23.6 Å². The number of carboxylic acid groups (broad SMARTS) is 1. The van der Waals surface area contributed by atoms with Crippen LogP contribution in [0.4, 0.5) is 0 Å². The molecule has 2 N–H and O–H groups in total. The topological polar surface area (TPSA) is 97.8 Å². The van der Waals surface area contributed by atoms with Crippen LogP contribution in [-0.2, 0) is 16.0 Å². The van der Waals surface area contributed by atoms with E-state index in [0.29, 0.717) is 30.0 Å². The molecular formula is C19H22N2O5S. The van der Waals surface area contributed by atoms with Crippen molar-refractivity contribution in [1.29, 1.82) is 0 Å². The van der Waals surface area contributed by atoms with Gasteiger partial charge in [-0.15, -0.1) is 11.3 Å². The van der Waals surface area contributed by atoms with E-state index >= 15 is 0 Å². The quantitative estimate of drug-likeness (QED) is 0.719. The van der Waals surface area contributed by atoms with Crippen LogP contribution in [0.2, 0.25) is 0 Å². The Balaban J connectivity index is 1.67. The normalized spacial score (nSPS) is 14.9. The van der Waals surface area contributed by atoms with Gasteiger partial charge < -0.3 is 19.9 Å². The molecule has 1 fully saturated rings. The number of aromatic nitrogens is 1. The van der Waals surface area contributed by atoms with Crippen molar-refractivity contribution in [2.75, 3.05) is 14.2 Å². The monoisotopic (exact) mass is 390 g/mol. The van der Waals surface area contributed by atoms with Crippen molar-refractivity contribution in [2.45, 2.75) is 37.6 Å². The van der Waals surface area contributed by atoms with Gasteiger partial charge >= 0.3 is 5.97 Å². The minimum atomic E-state index is -0.889. The maximum Gasteiger partial charge on any atom is 0.305 e. The summed E-state index contributed by atoms with van der Waals surface area (Å²) in [6.45, 7) is 0. The zero-order chi connectivity index (χ0) is 19.4. The molecule has 0 unspecified atom stereocenters. The van der Waals surface area contributed by atoms with E-state index in [4.69, 9.17) is 14.6 Å². The van der Waals surface area contributed by atoms with Crippen molar-refractivity contribution in [1.82, 2.24) is 10.3 Å². The average Bonchev–Trinajstić information content (AvgIpc) is 3.07. The maximum absolute atomic E-state index is 12.4. The predicted octanol–water partition coefficient (Wildman–Crippen LogP) is 2.88. The molecule has 27 heavy (non-hydrogen) atoms. The standard InChI is InChI=1S/C19H22N2O5S/c1-25-14-5-4-12(8-15(14)26-2)18-20-13(11-27-18)9-16(22)21-19(6-3-7-19)10-17(23)24/h4-5,8,11H,3,6-7,9-10H2,1-2H3,(H,21,22)(H,23,24). The molecule has 1 aromatic carbocycles. The molecule has 8 heteroatoms. The summed E-state index contributed by atoms with van der Waals surface area (Å²) in [7, 11) is 3.16. The Hall–Kier alpha value is -2.61. The molecule has 0 radical (unpaired) electrons. The number of benzene rings is 1. The molecule has 1 heterocycles. The van der Waals surface area contributed by atoms with Crippen LogP contribution in [-0.4, -0.2) is 41.7 Å². The molecule has 1 amide bonds. The lowest BCUT2D eigenvalue weighted by Gasteiger charge is -2.41. The number of hydrogen-bond acceptors (Lipinski definition) is 6. The van der Waals surface area contributed by atoms with Crippen LogP contribution in [0.3, 0.4) is 0 Å². The van der Waals surface area contributed by atoms with E-state index in [2.05, 4.69) is 10.3 Å². The SMILES string of the molecule is COc1ccc(-c2nc(CC(=O)NC3(CC(=O)O)CCC3)cs2)cc1OC. The van der Waals surface area contributed by atoms with E-state index < -0.39 is 11.5 Å². The molecule has 0 aliphatic heterocycles. The Morgan fingerprint density at radius 3 is 2.59 bits per heavy atom. The number of thiazole rings is 1. The fourth-order valence-electron chi connectivity index (χ4n) is 3.23. The van der Waals surface area contributed by atoms with Crippen LogP contribution < -0.4 is 14.8 Å². The summed E-state index contributed by atoms with van der Waals surface area (Å²) in [5, 5.41) is 14.6. The molecule has 144 valence electrons. The van der Waals surface area contributed by atoms with Crippen LogP contribution in [0.25, 0.3) is 10.6 Å². The van der Waals surface area contributed by atoms with Gasteiger partial charge in [0.05, 0.1) is 38.3 Å². The highest BCUT2D eigenvalue weighted by Gasteiger charge is 2.40. The number of amides is 1. The first-order valence-electron chi connectivity index (χ1n) is 8.64. The molecular weight excluding hydrogens is 368 g/mol. The van der Waals surface area contributed by atoms with Gasteiger partial charge in [0.15, 0.2) is 11.5 Å². The Kier molecular flexibility index (Phi) is 5.65. The fraction of sp³-hybridized carbons (Fsp3) is 0.421. The number of methoxy groups -OCH3 is 2. The molecule has 0 bridgehead atoms. The summed E-state index contributed by atoms with van der Waals surface area (Å²) in [6.07, 6.45) is 2.45. The van der Waals surface area contributed by atoms with E-state index in [-0.39, 0.29) is 18.7 Å². The van der Waals surface area contributed by atoms with Crippen molar-refractivity contribution >= 4 is 23.2 Å². The first kappa shape index (κ1) is 19.2. The lowest BCUT2D eigenvalue weighted by molar-refractivity contribution is -0.140. The third-order valence-corrected chi connectivity index (χ3v) is 5.67. The zero-order valence-electron chi connectivity index (χ0n) is 15.3. The molecule has 1 aliphatic rings. The van der Waals surface area contributed by atoms with Crippen molar-refractivity contribution in [3.8, 4) is 22.1 Å². The van der Waals surface area contributed by atoms with Crippen molar-refractivity contribution < 1.29 is 24.2 Å². The first-order chi connectivity index (χ1) is 12.9. The third-order valence-electron chi connectivity index (χ3n) is 4.73. The number of carboxylic acids is 1. The molecule has 7 nitrogen and oxygen atoms in total. The molecule has 3 rings (SSSR count). The van der Waals surface area contributed by atoms with Gasteiger partial charge in [-0.3, -0.25) is 9.59 Å². The summed E-state index contributed by atoms with van der Waals surface area (Å²) in [5.74, 6) is 0.172. The fourth-order valence-corrected chi connectivity index (χ4v) is 4.05. The van der Waals surface area contributed by atoms with Gasteiger partial charge in [-0.05, 0) is 37.5 Å².